The number of guanidine groups is 1. The smallest absolute Gasteiger partial charge is 0.196 e. The van der Waals surface area contributed by atoms with Crippen molar-refractivity contribution in [3.05, 3.63) is 24.3 Å². The van der Waals surface area contributed by atoms with Crippen LogP contribution < -0.4 is 15.4 Å². The molecule has 1 atom stereocenters. The zero-order valence-electron chi connectivity index (χ0n) is 9.68. The summed E-state index contributed by atoms with van der Waals surface area (Å²) in [5.41, 5.74) is 6.97. The van der Waals surface area contributed by atoms with Crippen LogP contribution in [0.15, 0.2) is 29.3 Å². The highest BCUT2D eigenvalue weighted by Crippen LogP contribution is 2.24. The van der Waals surface area contributed by atoms with Gasteiger partial charge in [-0.1, -0.05) is 6.92 Å². The van der Waals surface area contributed by atoms with Crippen LogP contribution in [0.5, 0.6) is 5.75 Å². The Balaban J connectivity index is 2.24. The van der Waals surface area contributed by atoms with Gasteiger partial charge in [0.25, 0.3) is 0 Å². The maximum atomic E-state index is 5.89. The van der Waals surface area contributed by atoms with E-state index in [4.69, 9.17) is 10.5 Å². The van der Waals surface area contributed by atoms with E-state index < -0.39 is 0 Å². The quantitative estimate of drug-likeness (QED) is 0.840. The third-order valence-electron chi connectivity index (χ3n) is 2.90. The topological polar surface area (TPSA) is 50.8 Å². The van der Waals surface area contributed by atoms with E-state index in [0.717, 1.165) is 24.4 Å². The highest BCUT2D eigenvalue weighted by Gasteiger charge is 2.25. The van der Waals surface area contributed by atoms with E-state index in [1.807, 2.05) is 24.3 Å². The Kier molecular flexibility index (Phi) is 2.99. The van der Waals surface area contributed by atoms with Crippen molar-refractivity contribution in [3.8, 4) is 5.75 Å². The molecule has 1 unspecified atom stereocenters. The molecule has 0 radical (unpaired) electrons. The molecule has 0 saturated heterocycles. The minimum absolute atomic E-state index is 0.383. The summed E-state index contributed by atoms with van der Waals surface area (Å²) in [6, 6.07) is 8.28. The third-order valence-corrected chi connectivity index (χ3v) is 2.90. The molecule has 0 aliphatic carbocycles. The Morgan fingerprint density at radius 1 is 1.44 bits per heavy atom. The van der Waals surface area contributed by atoms with Gasteiger partial charge in [-0.2, -0.15) is 0 Å². The molecule has 1 heterocycles. The number of hydrogen-bond donors (Lipinski definition) is 1. The Hall–Kier alpha value is -1.71. The molecule has 0 fully saturated rings. The zero-order valence-corrected chi connectivity index (χ0v) is 9.68. The van der Waals surface area contributed by atoms with Crippen LogP contribution in [-0.4, -0.2) is 25.7 Å². The fourth-order valence-electron chi connectivity index (χ4n) is 1.94. The first-order chi connectivity index (χ1) is 7.76. The maximum Gasteiger partial charge on any atom is 0.196 e. The van der Waals surface area contributed by atoms with Crippen molar-refractivity contribution in [2.24, 2.45) is 10.7 Å². The first kappa shape index (κ1) is 10.8. The van der Waals surface area contributed by atoms with Gasteiger partial charge in [0, 0.05) is 5.69 Å². The van der Waals surface area contributed by atoms with Crippen molar-refractivity contribution < 1.29 is 4.74 Å². The first-order valence-corrected chi connectivity index (χ1v) is 5.49. The highest BCUT2D eigenvalue weighted by molar-refractivity contribution is 5.97. The number of anilines is 1. The van der Waals surface area contributed by atoms with Crippen molar-refractivity contribution in [3.63, 3.8) is 0 Å². The van der Waals surface area contributed by atoms with E-state index in [1.165, 1.54) is 0 Å². The predicted molar refractivity (Wildman–Crippen MR) is 66.0 cm³/mol. The van der Waals surface area contributed by atoms with Crippen LogP contribution in [0.2, 0.25) is 0 Å². The van der Waals surface area contributed by atoms with E-state index >= 15 is 0 Å². The normalized spacial score (nSPS) is 19.8. The van der Waals surface area contributed by atoms with Crippen LogP contribution in [0.1, 0.15) is 13.3 Å². The van der Waals surface area contributed by atoms with Gasteiger partial charge in [-0.3, -0.25) is 4.99 Å². The molecule has 86 valence electrons. The molecule has 1 aliphatic heterocycles. The summed E-state index contributed by atoms with van der Waals surface area (Å²) in [6.07, 6.45) is 1.04. The van der Waals surface area contributed by atoms with Gasteiger partial charge in [-0.05, 0) is 30.7 Å². The van der Waals surface area contributed by atoms with Crippen LogP contribution in [0.4, 0.5) is 5.69 Å². The highest BCUT2D eigenvalue weighted by atomic mass is 16.5. The second-order valence-electron chi connectivity index (χ2n) is 3.83. The number of nitrogens with two attached hydrogens (primary N) is 1. The van der Waals surface area contributed by atoms with E-state index in [0.29, 0.717) is 12.0 Å². The number of benzene rings is 1. The number of methoxy groups -OCH3 is 1. The molecule has 4 nitrogen and oxygen atoms in total. The Morgan fingerprint density at radius 3 is 2.69 bits per heavy atom. The van der Waals surface area contributed by atoms with Crippen molar-refractivity contribution in [1.82, 2.24) is 0 Å². The largest absolute Gasteiger partial charge is 0.497 e. The fraction of sp³-hybridized carbons (Fsp3) is 0.417. The zero-order chi connectivity index (χ0) is 11.5. The Morgan fingerprint density at radius 2 is 2.12 bits per heavy atom. The Bertz CT molecular complexity index is 386. The molecule has 1 aliphatic rings. The molecule has 0 aromatic heterocycles. The molecular formula is C12H17N3O. The van der Waals surface area contributed by atoms with Gasteiger partial charge in [-0.15, -0.1) is 0 Å². The van der Waals surface area contributed by atoms with E-state index in [2.05, 4.69) is 16.8 Å². The lowest BCUT2D eigenvalue weighted by Gasteiger charge is -2.25. The predicted octanol–water partition coefficient (Wildman–Crippen LogP) is 1.61. The van der Waals surface area contributed by atoms with E-state index in [-0.39, 0.29) is 0 Å². The average Bonchev–Trinajstić information content (AvgIpc) is 2.70. The molecule has 0 saturated carbocycles. The van der Waals surface area contributed by atoms with Crippen LogP contribution in [0.3, 0.4) is 0 Å². The van der Waals surface area contributed by atoms with E-state index in [1.54, 1.807) is 7.11 Å². The lowest BCUT2D eigenvalue weighted by molar-refractivity contribution is 0.415. The first-order valence-electron chi connectivity index (χ1n) is 5.49. The molecule has 1 aromatic carbocycles. The summed E-state index contributed by atoms with van der Waals surface area (Å²) in [7, 11) is 1.66. The van der Waals surface area contributed by atoms with Gasteiger partial charge in [0.15, 0.2) is 5.96 Å². The Labute approximate surface area is 95.7 Å². The number of ether oxygens (including phenoxy) is 1. The summed E-state index contributed by atoms with van der Waals surface area (Å²) in [6.45, 7) is 2.93. The van der Waals surface area contributed by atoms with Gasteiger partial charge >= 0.3 is 0 Å². The van der Waals surface area contributed by atoms with Crippen molar-refractivity contribution in [2.45, 2.75) is 19.4 Å². The number of hydrogen-bond acceptors (Lipinski definition) is 4. The lowest BCUT2D eigenvalue weighted by Crippen LogP contribution is -2.40. The van der Waals surface area contributed by atoms with Crippen LogP contribution in [0.25, 0.3) is 0 Å². The van der Waals surface area contributed by atoms with Crippen LogP contribution in [-0.2, 0) is 0 Å². The molecule has 4 heteroatoms. The van der Waals surface area contributed by atoms with Crippen LogP contribution in [0, 0.1) is 0 Å². The van der Waals surface area contributed by atoms with Gasteiger partial charge < -0.3 is 15.4 Å². The third kappa shape index (κ3) is 1.83. The van der Waals surface area contributed by atoms with E-state index in [9.17, 15) is 0 Å². The minimum Gasteiger partial charge on any atom is -0.497 e. The summed E-state index contributed by atoms with van der Waals surface area (Å²) in [5.74, 6) is 1.46. The van der Waals surface area contributed by atoms with Gasteiger partial charge in [0.1, 0.15) is 5.75 Å². The molecule has 2 N–H and O–H groups in total. The standard InChI is InChI=1S/C12H17N3O/c1-3-9-8-14-12(13)15(9)10-4-6-11(16-2)7-5-10/h4-7,9H,3,8H2,1-2H3,(H2,13,14). The molecule has 1 aromatic rings. The summed E-state index contributed by atoms with van der Waals surface area (Å²) in [4.78, 5) is 6.36. The second kappa shape index (κ2) is 4.43. The van der Waals surface area contributed by atoms with Crippen molar-refractivity contribution in [2.75, 3.05) is 18.6 Å². The average molecular weight is 219 g/mol. The SMILES string of the molecule is CCC1CN=C(N)N1c1ccc(OC)cc1. The summed E-state index contributed by atoms with van der Waals surface area (Å²) >= 11 is 0. The summed E-state index contributed by atoms with van der Waals surface area (Å²) in [5, 5.41) is 0. The van der Waals surface area contributed by atoms with Gasteiger partial charge in [0.05, 0.1) is 19.7 Å². The summed E-state index contributed by atoms with van der Waals surface area (Å²) < 4.78 is 5.13. The van der Waals surface area contributed by atoms with Crippen LogP contribution >= 0.6 is 0 Å². The lowest BCUT2D eigenvalue weighted by atomic mass is 10.2. The van der Waals surface area contributed by atoms with Crippen molar-refractivity contribution in [1.29, 1.82) is 0 Å². The number of rotatable bonds is 3. The number of aliphatic imine (C=N–C) groups is 1. The maximum absolute atomic E-state index is 5.89. The molecular weight excluding hydrogens is 202 g/mol. The molecule has 16 heavy (non-hydrogen) atoms. The van der Waals surface area contributed by atoms with Crippen molar-refractivity contribution >= 4 is 11.6 Å². The van der Waals surface area contributed by atoms with Gasteiger partial charge in [0.2, 0.25) is 0 Å². The fourth-order valence-corrected chi connectivity index (χ4v) is 1.94. The second-order valence-corrected chi connectivity index (χ2v) is 3.83. The minimum atomic E-state index is 0.383. The molecule has 0 spiro atoms. The molecule has 0 bridgehead atoms. The van der Waals surface area contributed by atoms with Gasteiger partial charge in [-0.25, -0.2) is 0 Å². The monoisotopic (exact) mass is 219 g/mol. The molecule has 2 rings (SSSR count). The molecule has 0 amide bonds. The number of nitrogens with zero attached hydrogens (tertiary/aromatic N) is 2.